The topological polar surface area (TPSA) is 90.9 Å². The van der Waals surface area contributed by atoms with Gasteiger partial charge in [0, 0.05) is 27.6 Å². The van der Waals surface area contributed by atoms with E-state index in [2.05, 4.69) is 10.3 Å². The molecule has 8 heteroatoms. The van der Waals surface area contributed by atoms with Crippen LogP contribution in [0.4, 0.5) is 0 Å². The van der Waals surface area contributed by atoms with Gasteiger partial charge in [0.05, 0.1) is 6.33 Å². The van der Waals surface area contributed by atoms with Crippen molar-refractivity contribution in [2.45, 2.75) is 12.5 Å². The lowest BCUT2D eigenvalue weighted by Crippen LogP contribution is -2.48. The molecule has 0 unspecified atom stereocenters. The number of hydrogen-bond donors (Lipinski definition) is 1. The fraction of sp³-hybridized carbons (Fsp3) is 0.217. The summed E-state index contributed by atoms with van der Waals surface area (Å²) >= 11 is 0. The number of carbonyl (C=O) groups is 1. The van der Waals surface area contributed by atoms with E-state index in [1.165, 1.54) is 18.5 Å². The van der Waals surface area contributed by atoms with E-state index >= 15 is 0 Å². The zero-order valence-corrected chi connectivity index (χ0v) is 17.6. The van der Waals surface area contributed by atoms with Crippen LogP contribution in [0.5, 0.6) is 0 Å². The summed E-state index contributed by atoms with van der Waals surface area (Å²) in [5.74, 6) is -0.194. The molecule has 1 N–H and O–H groups in total. The van der Waals surface area contributed by atoms with E-state index in [1.807, 2.05) is 60.7 Å². The lowest BCUT2D eigenvalue weighted by atomic mass is 9.82. The number of carbonyl (C=O) groups excluding carboxylic acids is 1. The van der Waals surface area contributed by atoms with E-state index in [0.717, 1.165) is 15.7 Å². The Labute approximate surface area is 178 Å². The molecule has 158 valence electrons. The van der Waals surface area contributed by atoms with Gasteiger partial charge in [-0.3, -0.25) is 18.7 Å². The molecular weight excluding hydrogens is 394 g/mol. The third-order valence-corrected chi connectivity index (χ3v) is 5.65. The Bertz CT molecular complexity index is 1330. The Morgan fingerprint density at radius 1 is 0.935 bits per heavy atom. The summed E-state index contributed by atoms with van der Waals surface area (Å²) < 4.78 is 4.19. The molecule has 1 amide bonds. The third-order valence-electron chi connectivity index (χ3n) is 5.65. The minimum absolute atomic E-state index is 0.188. The molecule has 31 heavy (non-hydrogen) atoms. The highest BCUT2D eigenvalue weighted by molar-refractivity contribution is 5.74. The van der Waals surface area contributed by atoms with E-state index in [0.29, 0.717) is 0 Å². The summed E-state index contributed by atoms with van der Waals surface area (Å²) in [6.07, 6.45) is 1.56. The second-order valence-electron chi connectivity index (χ2n) is 7.49. The van der Waals surface area contributed by atoms with E-state index in [9.17, 15) is 14.4 Å². The van der Waals surface area contributed by atoms with Crippen molar-refractivity contribution in [3.8, 4) is 0 Å². The van der Waals surface area contributed by atoms with Crippen LogP contribution in [0.15, 0.2) is 76.6 Å². The number of hydrogen-bond acceptors (Lipinski definition) is 4. The fourth-order valence-electron chi connectivity index (χ4n) is 4.05. The van der Waals surface area contributed by atoms with Crippen LogP contribution in [0.25, 0.3) is 11.2 Å². The van der Waals surface area contributed by atoms with E-state index in [4.69, 9.17) is 0 Å². The molecule has 2 aromatic carbocycles. The molecule has 2 heterocycles. The van der Waals surface area contributed by atoms with Gasteiger partial charge < -0.3 is 9.88 Å². The quantitative estimate of drug-likeness (QED) is 0.531. The Kier molecular flexibility index (Phi) is 5.06. The molecule has 4 aromatic rings. The monoisotopic (exact) mass is 417 g/mol. The van der Waals surface area contributed by atoms with Gasteiger partial charge in [-0.15, -0.1) is 0 Å². The number of fused-ring (bicyclic) bond motifs is 1. The normalized spacial score (nSPS) is 11.6. The molecule has 0 spiro atoms. The molecule has 0 bridgehead atoms. The van der Waals surface area contributed by atoms with E-state index < -0.39 is 16.8 Å². The van der Waals surface area contributed by atoms with Crippen molar-refractivity contribution in [2.75, 3.05) is 6.54 Å². The second kappa shape index (κ2) is 7.71. The van der Waals surface area contributed by atoms with E-state index in [-0.39, 0.29) is 23.6 Å². The number of imidazole rings is 1. The van der Waals surface area contributed by atoms with Crippen molar-refractivity contribution in [3.05, 3.63) is 99.0 Å². The molecule has 0 aliphatic rings. The first kappa shape index (κ1) is 20.3. The van der Waals surface area contributed by atoms with E-state index in [1.54, 1.807) is 17.9 Å². The molecule has 0 atom stereocenters. The number of benzene rings is 2. The van der Waals surface area contributed by atoms with Gasteiger partial charge in [-0.1, -0.05) is 60.7 Å². The molecular formula is C23H23N5O3. The van der Waals surface area contributed by atoms with Crippen molar-refractivity contribution >= 4 is 17.1 Å². The third kappa shape index (κ3) is 3.16. The van der Waals surface area contributed by atoms with Crippen LogP contribution >= 0.6 is 0 Å². The maximum Gasteiger partial charge on any atom is 0.332 e. The minimum atomic E-state index is -0.966. The van der Waals surface area contributed by atoms with Gasteiger partial charge in [0.25, 0.3) is 5.56 Å². The van der Waals surface area contributed by atoms with Crippen LogP contribution in [0, 0.1) is 0 Å². The van der Waals surface area contributed by atoms with Crippen LogP contribution in [-0.4, -0.2) is 31.1 Å². The summed E-state index contributed by atoms with van der Waals surface area (Å²) in [5.41, 5.74) is 0.432. The Balaban J connectivity index is 2.17. The summed E-state index contributed by atoms with van der Waals surface area (Å²) in [4.78, 5) is 42.1. The smallest absolute Gasteiger partial charge is 0.332 e. The molecule has 0 aliphatic heterocycles. The Morgan fingerprint density at radius 2 is 1.48 bits per heavy atom. The number of rotatable bonds is 5. The Morgan fingerprint density at radius 3 is 2.00 bits per heavy atom. The molecule has 0 saturated carbocycles. The van der Waals surface area contributed by atoms with Crippen molar-refractivity contribution in [2.24, 2.45) is 14.1 Å². The van der Waals surface area contributed by atoms with Gasteiger partial charge >= 0.3 is 5.69 Å². The van der Waals surface area contributed by atoms with Gasteiger partial charge in [0.1, 0.15) is 5.54 Å². The Hall–Kier alpha value is -3.94. The van der Waals surface area contributed by atoms with Crippen LogP contribution in [0.3, 0.4) is 0 Å². The molecule has 2 aromatic heterocycles. The molecule has 4 rings (SSSR count). The lowest BCUT2D eigenvalue weighted by Gasteiger charge is -2.37. The molecule has 0 saturated heterocycles. The standard InChI is InChI=1S/C23H23N5O3/c1-16(29)24-14-23(17-10-6-4-7-11-17,18-12-8-5-9-13-18)28-15-25-20-19(28)21(30)27(3)22(31)26(20)2/h4-13,15H,14H2,1-3H3,(H,24,29). The summed E-state index contributed by atoms with van der Waals surface area (Å²) in [5, 5.41) is 2.93. The SMILES string of the molecule is CC(=O)NCC(c1ccccc1)(c1ccccc1)n1cnc2c1c(=O)n(C)c(=O)n2C. The number of amides is 1. The molecule has 0 fully saturated rings. The second-order valence-corrected chi connectivity index (χ2v) is 7.49. The summed E-state index contributed by atoms with van der Waals surface area (Å²) in [6, 6.07) is 19.3. The van der Waals surface area contributed by atoms with Gasteiger partial charge in [-0.05, 0) is 11.1 Å². The molecule has 8 nitrogen and oxygen atoms in total. The van der Waals surface area contributed by atoms with Crippen LogP contribution in [-0.2, 0) is 24.4 Å². The maximum absolute atomic E-state index is 13.2. The van der Waals surface area contributed by atoms with Crippen LogP contribution in [0.2, 0.25) is 0 Å². The highest BCUT2D eigenvalue weighted by Crippen LogP contribution is 2.35. The zero-order valence-electron chi connectivity index (χ0n) is 17.6. The number of aromatic nitrogens is 4. The lowest BCUT2D eigenvalue weighted by molar-refractivity contribution is -0.119. The van der Waals surface area contributed by atoms with Gasteiger partial charge in [0.15, 0.2) is 11.2 Å². The van der Waals surface area contributed by atoms with Gasteiger partial charge in [-0.2, -0.15) is 0 Å². The fourth-order valence-corrected chi connectivity index (χ4v) is 4.05. The van der Waals surface area contributed by atoms with Crippen molar-refractivity contribution in [3.63, 3.8) is 0 Å². The summed E-state index contributed by atoms with van der Waals surface area (Å²) in [7, 11) is 3.03. The zero-order chi connectivity index (χ0) is 22.2. The maximum atomic E-state index is 13.2. The molecule has 0 radical (unpaired) electrons. The van der Waals surface area contributed by atoms with Crippen LogP contribution < -0.4 is 16.6 Å². The van der Waals surface area contributed by atoms with Gasteiger partial charge in [-0.25, -0.2) is 9.78 Å². The summed E-state index contributed by atoms with van der Waals surface area (Å²) in [6.45, 7) is 1.64. The first-order valence-corrected chi connectivity index (χ1v) is 9.87. The first-order chi connectivity index (χ1) is 14.9. The average molecular weight is 417 g/mol. The first-order valence-electron chi connectivity index (χ1n) is 9.87. The highest BCUT2D eigenvalue weighted by Gasteiger charge is 2.39. The number of aryl methyl sites for hydroxylation is 1. The van der Waals surface area contributed by atoms with Crippen molar-refractivity contribution < 1.29 is 4.79 Å². The highest BCUT2D eigenvalue weighted by atomic mass is 16.2. The van der Waals surface area contributed by atoms with Crippen molar-refractivity contribution in [1.82, 2.24) is 24.0 Å². The average Bonchev–Trinajstić information content (AvgIpc) is 3.24. The largest absolute Gasteiger partial charge is 0.353 e. The van der Waals surface area contributed by atoms with Crippen molar-refractivity contribution in [1.29, 1.82) is 0 Å². The van der Waals surface area contributed by atoms with Crippen LogP contribution in [0.1, 0.15) is 18.1 Å². The predicted molar refractivity (Wildman–Crippen MR) is 118 cm³/mol. The number of nitrogens with one attached hydrogen (secondary N) is 1. The predicted octanol–water partition coefficient (Wildman–Crippen LogP) is 1.36. The minimum Gasteiger partial charge on any atom is -0.353 e. The number of nitrogens with zero attached hydrogens (tertiary/aromatic N) is 4. The molecule has 0 aliphatic carbocycles. The van der Waals surface area contributed by atoms with Gasteiger partial charge in [0.2, 0.25) is 5.91 Å².